The summed E-state index contributed by atoms with van der Waals surface area (Å²) >= 11 is 0. The van der Waals surface area contributed by atoms with Crippen molar-refractivity contribution in [1.29, 1.82) is 0 Å². The Morgan fingerprint density at radius 1 is 1.40 bits per heavy atom. The van der Waals surface area contributed by atoms with Crippen LogP contribution in [-0.2, 0) is 14.6 Å². The molecule has 0 aliphatic heterocycles. The van der Waals surface area contributed by atoms with Gasteiger partial charge in [-0.15, -0.1) is 0 Å². The second-order valence-electron chi connectivity index (χ2n) is 2.92. The van der Waals surface area contributed by atoms with Gasteiger partial charge in [0.25, 0.3) is 0 Å². The summed E-state index contributed by atoms with van der Waals surface area (Å²) in [6, 6.07) is 5.82. The molecule has 1 rings (SSSR count). The van der Waals surface area contributed by atoms with E-state index >= 15 is 0 Å². The summed E-state index contributed by atoms with van der Waals surface area (Å²) in [5.41, 5.74) is 0.243. The Morgan fingerprint density at radius 2 is 2.07 bits per heavy atom. The highest BCUT2D eigenvalue weighted by atomic mass is 32.2. The fourth-order valence-corrected chi connectivity index (χ4v) is 2.03. The highest BCUT2D eigenvalue weighted by molar-refractivity contribution is 7.91. The zero-order valence-electron chi connectivity index (χ0n) is 8.56. The van der Waals surface area contributed by atoms with Gasteiger partial charge in [-0.3, -0.25) is 0 Å². The largest absolute Gasteiger partial charge is 0.465 e. The van der Waals surface area contributed by atoms with Gasteiger partial charge in [-0.2, -0.15) is 0 Å². The topological polar surface area (TPSA) is 60.4 Å². The Bertz CT molecular complexity index is 462. The second-order valence-corrected chi connectivity index (χ2v) is 5.20. The van der Waals surface area contributed by atoms with Crippen molar-refractivity contribution >= 4 is 15.8 Å². The van der Waals surface area contributed by atoms with E-state index in [9.17, 15) is 13.2 Å². The zero-order chi connectivity index (χ0) is 11.5. The van der Waals surface area contributed by atoms with Gasteiger partial charge in [0.05, 0.1) is 23.3 Å². The molecule has 0 aliphatic rings. The average molecular weight is 228 g/mol. The molecule has 0 N–H and O–H groups in total. The van der Waals surface area contributed by atoms with Crippen LogP contribution in [0.2, 0.25) is 0 Å². The number of rotatable bonds is 3. The molecule has 0 amide bonds. The van der Waals surface area contributed by atoms with Crippen LogP contribution in [0.3, 0.4) is 0 Å². The molecule has 0 aliphatic carbocycles. The van der Waals surface area contributed by atoms with Crippen molar-refractivity contribution in [1.82, 2.24) is 0 Å². The smallest absolute Gasteiger partial charge is 0.337 e. The van der Waals surface area contributed by atoms with E-state index in [1.165, 1.54) is 31.4 Å². The summed E-state index contributed by atoms with van der Waals surface area (Å²) in [5, 5.41) is 0. The molecule has 0 aromatic heterocycles. The number of carbonyl (C=O) groups is 1. The minimum atomic E-state index is -3.27. The summed E-state index contributed by atoms with van der Waals surface area (Å²) in [6.45, 7) is 1.56. The van der Waals surface area contributed by atoms with Crippen molar-refractivity contribution < 1.29 is 17.9 Å². The van der Waals surface area contributed by atoms with E-state index in [2.05, 4.69) is 4.74 Å². The predicted molar refractivity (Wildman–Crippen MR) is 55.5 cm³/mol. The third kappa shape index (κ3) is 2.56. The Kier molecular flexibility index (Phi) is 3.47. The van der Waals surface area contributed by atoms with Gasteiger partial charge in [0, 0.05) is 0 Å². The molecule has 4 nitrogen and oxygen atoms in total. The summed E-state index contributed by atoms with van der Waals surface area (Å²) in [7, 11) is -2.02. The lowest BCUT2D eigenvalue weighted by Crippen LogP contribution is -2.06. The fourth-order valence-electron chi connectivity index (χ4n) is 1.10. The molecule has 5 heteroatoms. The van der Waals surface area contributed by atoms with E-state index in [1.807, 2.05) is 0 Å². The first-order chi connectivity index (χ1) is 7.01. The number of hydrogen-bond donors (Lipinski definition) is 0. The Morgan fingerprint density at radius 3 is 2.60 bits per heavy atom. The van der Waals surface area contributed by atoms with E-state index in [1.54, 1.807) is 6.92 Å². The van der Waals surface area contributed by atoms with Crippen molar-refractivity contribution in [2.45, 2.75) is 11.8 Å². The maximum Gasteiger partial charge on any atom is 0.337 e. The monoisotopic (exact) mass is 228 g/mol. The second kappa shape index (κ2) is 4.44. The molecule has 15 heavy (non-hydrogen) atoms. The van der Waals surface area contributed by atoms with E-state index in [4.69, 9.17) is 0 Å². The van der Waals surface area contributed by atoms with Crippen molar-refractivity contribution in [3.05, 3.63) is 29.8 Å². The third-order valence-corrected chi connectivity index (χ3v) is 3.73. The van der Waals surface area contributed by atoms with Gasteiger partial charge in [0.1, 0.15) is 0 Å². The summed E-state index contributed by atoms with van der Waals surface area (Å²) in [6.07, 6.45) is 0. The number of ether oxygens (including phenoxy) is 1. The molecule has 1 aromatic carbocycles. The van der Waals surface area contributed by atoms with Crippen LogP contribution in [-0.4, -0.2) is 27.2 Å². The normalized spacial score (nSPS) is 11.1. The first-order valence-corrected chi connectivity index (χ1v) is 6.07. The summed E-state index contributed by atoms with van der Waals surface area (Å²) in [4.78, 5) is 11.3. The number of methoxy groups -OCH3 is 1. The minimum Gasteiger partial charge on any atom is -0.465 e. The number of benzene rings is 1. The lowest BCUT2D eigenvalue weighted by molar-refractivity contribution is 0.0600. The van der Waals surface area contributed by atoms with Gasteiger partial charge in [0.15, 0.2) is 9.84 Å². The minimum absolute atomic E-state index is 0.0115. The van der Waals surface area contributed by atoms with Crippen LogP contribution in [0.4, 0.5) is 0 Å². The van der Waals surface area contributed by atoms with E-state index < -0.39 is 15.8 Å². The number of hydrogen-bond acceptors (Lipinski definition) is 4. The van der Waals surface area contributed by atoms with Crippen LogP contribution >= 0.6 is 0 Å². The Balaban J connectivity index is 3.20. The lowest BCUT2D eigenvalue weighted by atomic mass is 10.2. The van der Waals surface area contributed by atoms with Crippen molar-refractivity contribution in [2.24, 2.45) is 0 Å². The van der Waals surface area contributed by atoms with Gasteiger partial charge in [0.2, 0.25) is 0 Å². The van der Waals surface area contributed by atoms with Crippen LogP contribution in [0.1, 0.15) is 17.3 Å². The maximum absolute atomic E-state index is 11.5. The first kappa shape index (κ1) is 11.7. The van der Waals surface area contributed by atoms with Gasteiger partial charge in [-0.1, -0.05) is 13.0 Å². The molecule has 0 heterocycles. The van der Waals surface area contributed by atoms with Crippen LogP contribution in [0.5, 0.6) is 0 Å². The first-order valence-electron chi connectivity index (χ1n) is 4.42. The SMILES string of the molecule is CCS(=O)(=O)c1cccc(C(=O)OC)c1. The lowest BCUT2D eigenvalue weighted by Gasteiger charge is -2.03. The van der Waals surface area contributed by atoms with Crippen LogP contribution in [0.15, 0.2) is 29.2 Å². The highest BCUT2D eigenvalue weighted by Gasteiger charge is 2.14. The number of esters is 1. The standard InChI is InChI=1S/C10H12O4S/c1-3-15(12,13)9-6-4-5-8(7-9)10(11)14-2/h4-7H,3H2,1-2H3. The van der Waals surface area contributed by atoms with E-state index in [-0.39, 0.29) is 16.2 Å². The van der Waals surface area contributed by atoms with Crippen molar-refractivity contribution in [3.8, 4) is 0 Å². The molecule has 0 fully saturated rings. The van der Waals surface area contributed by atoms with Gasteiger partial charge >= 0.3 is 5.97 Å². The zero-order valence-corrected chi connectivity index (χ0v) is 9.37. The molecule has 1 aromatic rings. The van der Waals surface area contributed by atoms with Crippen molar-refractivity contribution in [2.75, 3.05) is 12.9 Å². The molecular weight excluding hydrogens is 216 g/mol. The Hall–Kier alpha value is -1.36. The van der Waals surface area contributed by atoms with Gasteiger partial charge < -0.3 is 4.74 Å². The molecule has 0 unspecified atom stereocenters. The molecular formula is C10H12O4S. The third-order valence-electron chi connectivity index (χ3n) is 1.99. The molecule has 0 spiro atoms. The molecule has 82 valence electrons. The highest BCUT2D eigenvalue weighted by Crippen LogP contribution is 2.13. The van der Waals surface area contributed by atoms with Crippen molar-refractivity contribution in [3.63, 3.8) is 0 Å². The van der Waals surface area contributed by atoms with Crippen LogP contribution in [0, 0.1) is 0 Å². The van der Waals surface area contributed by atoms with Gasteiger partial charge in [-0.25, -0.2) is 13.2 Å². The van der Waals surface area contributed by atoms with E-state index in [0.29, 0.717) is 0 Å². The molecule has 0 atom stereocenters. The van der Waals surface area contributed by atoms with E-state index in [0.717, 1.165) is 0 Å². The Labute approximate surface area is 88.8 Å². The summed E-state index contributed by atoms with van der Waals surface area (Å²) < 4.78 is 27.5. The molecule has 0 saturated carbocycles. The van der Waals surface area contributed by atoms with Gasteiger partial charge in [-0.05, 0) is 18.2 Å². The molecule has 0 saturated heterocycles. The quantitative estimate of drug-likeness (QED) is 0.731. The van der Waals surface area contributed by atoms with Crippen LogP contribution < -0.4 is 0 Å². The molecule has 0 radical (unpaired) electrons. The molecule has 0 bridgehead atoms. The summed E-state index contributed by atoms with van der Waals surface area (Å²) in [5.74, 6) is -0.527. The maximum atomic E-state index is 11.5. The van der Waals surface area contributed by atoms with Crippen LogP contribution in [0.25, 0.3) is 0 Å². The predicted octanol–water partition coefficient (Wildman–Crippen LogP) is 1.27. The number of carbonyl (C=O) groups excluding carboxylic acids is 1. The number of sulfone groups is 1. The fraction of sp³-hybridized carbons (Fsp3) is 0.300. The average Bonchev–Trinajstić information content (AvgIpc) is 2.28.